The summed E-state index contributed by atoms with van der Waals surface area (Å²) in [5.41, 5.74) is 1.06. The van der Waals surface area contributed by atoms with Crippen LogP contribution in [0, 0.1) is 0 Å². The molecule has 1 aromatic rings. The lowest BCUT2D eigenvalue weighted by Gasteiger charge is -1.98. The highest BCUT2D eigenvalue weighted by atomic mass is 16.3. The topological polar surface area (TPSA) is 70.3 Å². The summed E-state index contributed by atoms with van der Waals surface area (Å²) in [5, 5.41) is 24.2. The minimum atomic E-state index is 0.102. The third-order valence-corrected chi connectivity index (χ3v) is 1.63. The fourth-order valence-corrected chi connectivity index (χ4v) is 1.03. The molecule has 0 saturated carbocycles. The van der Waals surface area contributed by atoms with Crippen LogP contribution in [0.2, 0.25) is 0 Å². The molecule has 74 valence electrons. The SMILES string of the molecule is OCCNCc1cnn(CCO)c1. The third kappa shape index (κ3) is 3.54. The normalized spacial score (nSPS) is 10.6. The summed E-state index contributed by atoms with van der Waals surface area (Å²) in [4.78, 5) is 0. The van der Waals surface area contributed by atoms with Crippen LogP contribution in [0.3, 0.4) is 0 Å². The van der Waals surface area contributed by atoms with E-state index in [4.69, 9.17) is 10.2 Å². The molecule has 0 fully saturated rings. The van der Waals surface area contributed by atoms with Crippen LogP contribution in [0.25, 0.3) is 0 Å². The van der Waals surface area contributed by atoms with E-state index in [1.165, 1.54) is 0 Å². The van der Waals surface area contributed by atoms with Gasteiger partial charge in [-0.3, -0.25) is 4.68 Å². The van der Waals surface area contributed by atoms with Gasteiger partial charge >= 0.3 is 0 Å². The average molecular weight is 185 g/mol. The fraction of sp³-hybridized carbons (Fsp3) is 0.625. The first-order valence-electron chi connectivity index (χ1n) is 4.30. The third-order valence-electron chi connectivity index (χ3n) is 1.63. The fourth-order valence-electron chi connectivity index (χ4n) is 1.03. The Morgan fingerprint density at radius 1 is 1.38 bits per heavy atom. The van der Waals surface area contributed by atoms with E-state index in [0.717, 1.165) is 5.56 Å². The number of rotatable bonds is 6. The smallest absolute Gasteiger partial charge is 0.0640 e. The monoisotopic (exact) mass is 185 g/mol. The zero-order chi connectivity index (χ0) is 9.52. The van der Waals surface area contributed by atoms with Gasteiger partial charge in [0.1, 0.15) is 0 Å². The largest absolute Gasteiger partial charge is 0.395 e. The van der Waals surface area contributed by atoms with Crippen LogP contribution in [-0.2, 0) is 13.1 Å². The molecule has 0 aromatic carbocycles. The molecule has 3 N–H and O–H groups in total. The zero-order valence-corrected chi connectivity index (χ0v) is 7.48. The van der Waals surface area contributed by atoms with E-state index in [-0.39, 0.29) is 13.2 Å². The maximum atomic E-state index is 8.63. The Bertz CT molecular complexity index is 237. The van der Waals surface area contributed by atoms with E-state index in [0.29, 0.717) is 19.6 Å². The van der Waals surface area contributed by atoms with Gasteiger partial charge < -0.3 is 15.5 Å². The quantitative estimate of drug-likeness (QED) is 0.495. The molecule has 5 heteroatoms. The summed E-state index contributed by atoms with van der Waals surface area (Å²) in [6, 6.07) is 0. The van der Waals surface area contributed by atoms with Gasteiger partial charge in [-0.25, -0.2) is 0 Å². The number of aromatic nitrogens is 2. The van der Waals surface area contributed by atoms with Crippen LogP contribution >= 0.6 is 0 Å². The Labute approximate surface area is 77.0 Å². The summed E-state index contributed by atoms with van der Waals surface area (Å²) in [6.45, 7) is 2.06. The van der Waals surface area contributed by atoms with Gasteiger partial charge in [0, 0.05) is 24.8 Å². The van der Waals surface area contributed by atoms with Crippen LogP contribution < -0.4 is 5.32 Å². The van der Waals surface area contributed by atoms with Crippen molar-refractivity contribution >= 4 is 0 Å². The van der Waals surface area contributed by atoms with Gasteiger partial charge in [0.25, 0.3) is 0 Å². The number of aliphatic hydroxyl groups is 2. The van der Waals surface area contributed by atoms with Gasteiger partial charge in [-0.2, -0.15) is 5.10 Å². The molecule has 0 bridgehead atoms. The van der Waals surface area contributed by atoms with Crippen molar-refractivity contribution in [3.63, 3.8) is 0 Å². The molecule has 13 heavy (non-hydrogen) atoms. The Kier molecular flexibility index (Phi) is 4.45. The van der Waals surface area contributed by atoms with Crippen LogP contribution in [-0.4, -0.2) is 39.8 Å². The Hall–Kier alpha value is -0.910. The van der Waals surface area contributed by atoms with Crippen molar-refractivity contribution in [1.29, 1.82) is 0 Å². The van der Waals surface area contributed by atoms with Gasteiger partial charge in [0.15, 0.2) is 0 Å². The second kappa shape index (κ2) is 5.69. The maximum Gasteiger partial charge on any atom is 0.0640 e. The van der Waals surface area contributed by atoms with Gasteiger partial charge in [-0.15, -0.1) is 0 Å². The van der Waals surface area contributed by atoms with Crippen molar-refractivity contribution in [2.75, 3.05) is 19.8 Å². The minimum absolute atomic E-state index is 0.102. The van der Waals surface area contributed by atoms with Crippen molar-refractivity contribution in [3.05, 3.63) is 18.0 Å². The predicted molar refractivity (Wildman–Crippen MR) is 48.1 cm³/mol. The first-order valence-corrected chi connectivity index (χ1v) is 4.30. The predicted octanol–water partition coefficient (Wildman–Crippen LogP) is -1.04. The molecule has 5 nitrogen and oxygen atoms in total. The van der Waals surface area contributed by atoms with Crippen molar-refractivity contribution in [1.82, 2.24) is 15.1 Å². The summed E-state index contributed by atoms with van der Waals surface area (Å²) in [7, 11) is 0. The number of nitrogens with zero attached hydrogens (tertiary/aromatic N) is 2. The maximum absolute atomic E-state index is 8.63. The van der Waals surface area contributed by atoms with Gasteiger partial charge in [0.2, 0.25) is 0 Å². The lowest BCUT2D eigenvalue weighted by molar-refractivity contribution is 0.269. The number of nitrogens with one attached hydrogen (secondary N) is 1. The molecule has 0 radical (unpaired) electrons. The zero-order valence-electron chi connectivity index (χ0n) is 7.48. The van der Waals surface area contributed by atoms with E-state index >= 15 is 0 Å². The summed E-state index contributed by atoms with van der Waals surface area (Å²) in [6.07, 6.45) is 3.63. The van der Waals surface area contributed by atoms with E-state index in [2.05, 4.69) is 10.4 Å². The molecular formula is C8H15N3O2. The van der Waals surface area contributed by atoms with Gasteiger partial charge in [-0.05, 0) is 0 Å². The Morgan fingerprint density at radius 3 is 2.92 bits per heavy atom. The van der Waals surface area contributed by atoms with E-state index in [9.17, 15) is 0 Å². The molecular weight excluding hydrogens is 170 g/mol. The Morgan fingerprint density at radius 2 is 2.23 bits per heavy atom. The highest BCUT2D eigenvalue weighted by Crippen LogP contribution is 1.96. The van der Waals surface area contributed by atoms with Gasteiger partial charge in [-0.1, -0.05) is 0 Å². The second-order valence-corrected chi connectivity index (χ2v) is 2.74. The van der Waals surface area contributed by atoms with E-state index in [1.54, 1.807) is 10.9 Å². The first kappa shape index (κ1) is 10.2. The van der Waals surface area contributed by atoms with E-state index < -0.39 is 0 Å². The molecule has 1 rings (SSSR count). The summed E-state index contributed by atoms with van der Waals surface area (Å²) in [5.74, 6) is 0. The van der Waals surface area contributed by atoms with Crippen LogP contribution in [0.15, 0.2) is 12.4 Å². The average Bonchev–Trinajstić information content (AvgIpc) is 2.54. The van der Waals surface area contributed by atoms with Crippen molar-refractivity contribution in [2.45, 2.75) is 13.1 Å². The molecule has 0 aliphatic carbocycles. The molecule has 0 saturated heterocycles. The Balaban J connectivity index is 2.31. The molecule has 1 heterocycles. The lowest BCUT2D eigenvalue weighted by Crippen LogP contribution is -2.17. The van der Waals surface area contributed by atoms with Crippen molar-refractivity contribution in [2.24, 2.45) is 0 Å². The molecule has 0 amide bonds. The van der Waals surface area contributed by atoms with Crippen molar-refractivity contribution in [3.8, 4) is 0 Å². The number of aliphatic hydroxyl groups excluding tert-OH is 2. The van der Waals surface area contributed by atoms with Crippen molar-refractivity contribution < 1.29 is 10.2 Å². The molecule has 0 atom stereocenters. The van der Waals surface area contributed by atoms with Crippen LogP contribution in [0.4, 0.5) is 0 Å². The molecule has 0 unspecified atom stereocenters. The van der Waals surface area contributed by atoms with Crippen LogP contribution in [0.5, 0.6) is 0 Å². The highest BCUT2D eigenvalue weighted by molar-refractivity contribution is 5.03. The molecule has 0 spiro atoms. The van der Waals surface area contributed by atoms with Crippen LogP contribution in [0.1, 0.15) is 5.56 Å². The summed E-state index contributed by atoms with van der Waals surface area (Å²) < 4.78 is 1.69. The standard InChI is InChI=1S/C8H15N3O2/c12-3-1-9-5-8-6-10-11(7-8)2-4-13/h6-7,9,12-13H,1-5H2. The lowest BCUT2D eigenvalue weighted by atomic mass is 10.3. The van der Waals surface area contributed by atoms with E-state index in [1.807, 2.05) is 6.20 Å². The second-order valence-electron chi connectivity index (χ2n) is 2.74. The molecule has 1 aromatic heterocycles. The van der Waals surface area contributed by atoms with Gasteiger partial charge in [0.05, 0.1) is 26.0 Å². The number of hydrogen-bond acceptors (Lipinski definition) is 4. The molecule has 0 aliphatic heterocycles. The first-order chi connectivity index (χ1) is 6.36. The minimum Gasteiger partial charge on any atom is -0.395 e. The summed E-state index contributed by atoms with van der Waals surface area (Å²) >= 11 is 0. The highest BCUT2D eigenvalue weighted by Gasteiger charge is 1.96. The number of hydrogen-bond donors (Lipinski definition) is 3. The molecule has 0 aliphatic rings.